The van der Waals surface area contributed by atoms with Gasteiger partial charge in [-0.3, -0.25) is 14.4 Å². The van der Waals surface area contributed by atoms with Crippen molar-refractivity contribution in [1.29, 1.82) is 0 Å². The topological polar surface area (TPSA) is 116 Å². The summed E-state index contributed by atoms with van der Waals surface area (Å²) in [7, 11) is 0. The van der Waals surface area contributed by atoms with Crippen LogP contribution in [0.4, 0.5) is 14.5 Å². The van der Waals surface area contributed by atoms with Gasteiger partial charge < -0.3 is 20.9 Å². The molecule has 1 aliphatic heterocycles. The van der Waals surface area contributed by atoms with E-state index in [4.69, 9.17) is 0 Å². The van der Waals surface area contributed by atoms with Gasteiger partial charge in [0.15, 0.2) is 0 Å². The number of hydrogen-bond acceptors (Lipinski definition) is 4. The minimum atomic E-state index is -0.598. The van der Waals surface area contributed by atoms with Crippen LogP contribution >= 0.6 is 0 Å². The molecule has 3 aromatic rings. The highest BCUT2D eigenvalue weighted by Gasteiger charge is 2.26. The van der Waals surface area contributed by atoms with E-state index in [1.54, 1.807) is 19.1 Å². The first-order valence-corrected chi connectivity index (χ1v) is 13.1. The second-order valence-electron chi connectivity index (χ2n) is 9.57. The minimum absolute atomic E-state index is 0.202. The molecular weight excluding hydrogens is 516 g/mol. The molecule has 4 N–H and O–H groups in total. The normalized spacial score (nSPS) is 13.5. The zero-order valence-corrected chi connectivity index (χ0v) is 22.4. The van der Waals surface area contributed by atoms with E-state index >= 15 is 0 Å². The van der Waals surface area contributed by atoms with E-state index in [2.05, 4.69) is 25.9 Å². The summed E-state index contributed by atoms with van der Waals surface area (Å²) in [5.41, 5.74) is 4.46. The molecule has 0 saturated carbocycles. The summed E-state index contributed by atoms with van der Waals surface area (Å²) in [5, 5.41) is 8.47. The molecule has 10 heteroatoms. The van der Waals surface area contributed by atoms with Crippen LogP contribution in [0, 0.1) is 25.6 Å². The van der Waals surface area contributed by atoms with Crippen LogP contribution < -0.4 is 16.0 Å². The highest BCUT2D eigenvalue weighted by atomic mass is 19.1. The lowest BCUT2D eigenvalue weighted by Gasteiger charge is -2.07. The monoisotopic (exact) mass is 547 g/mol. The second kappa shape index (κ2) is 13.0. The molecule has 0 aliphatic carbocycles. The molecule has 0 saturated heterocycles. The molecule has 0 radical (unpaired) electrons. The maximum Gasteiger partial charge on any atom is 0.256 e. The van der Waals surface area contributed by atoms with Gasteiger partial charge in [0.2, 0.25) is 11.9 Å². The number of amides is 3. The van der Waals surface area contributed by atoms with Crippen molar-refractivity contribution in [1.82, 2.24) is 20.6 Å². The van der Waals surface area contributed by atoms with Crippen molar-refractivity contribution in [3.8, 4) is 0 Å². The van der Waals surface area contributed by atoms with Crippen LogP contribution in [0.3, 0.4) is 0 Å². The van der Waals surface area contributed by atoms with Crippen molar-refractivity contribution in [2.75, 3.05) is 18.4 Å². The molecule has 0 fully saturated rings. The van der Waals surface area contributed by atoms with Crippen molar-refractivity contribution in [3.05, 3.63) is 88.0 Å². The Bertz CT molecular complexity index is 1490. The maximum atomic E-state index is 13.8. The number of aromatic nitrogens is 2. The number of carbonyl (C=O) groups is 3. The number of unbranched alkanes of at least 4 members (excludes halogenated alkanes) is 3. The van der Waals surface area contributed by atoms with Crippen LogP contribution in [0.5, 0.6) is 0 Å². The van der Waals surface area contributed by atoms with Gasteiger partial charge in [-0.15, -0.1) is 0 Å². The summed E-state index contributed by atoms with van der Waals surface area (Å²) in [6.45, 7) is 4.63. The van der Waals surface area contributed by atoms with Gasteiger partial charge in [0.1, 0.15) is 5.82 Å². The smallest absolute Gasteiger partial charge is 0.256 e. The van der Waals surface area contributed by atoms with Gasteiger partial charge in [0.05, 0.1) is 11.1 Å². The highest BCUT2D eigenvalue weighted by Crippen LogP contribution is 2.34. The zero-order valence-electron chi connectivity index (χ0n) is 22.4. The van der Waals surface area contributed by atoms with Gasteiger partial charge in [-0.05, 0) is 74.2 Å². The van der Waals surface area contributed by atoms with Crippen molar-refractivity contribution in [3.63, 3.8) is 0 Å². The molecule has 208 valence electrons. The molecular formula is C30H31F2N5O3. The molecule has 40 heavy (non-hydrogen) atoms. The number of nitrogens with one attached hydrogen (secondary N) is 4. The Balaban J connectivity index is 1.19. The summed E-state index contributed by atoms with van der Waals surface area (Å²) < 4.78 is 26.8. The van der Waals surface area contributed by atoms with Crippen LogP contribution in [-0.4, -0.2) is 40.8 Å². The number of fused-ring (bicyclic) bond motifs is 1. The summed E-state index contributed by atoms with van der Waals surface area (Å²) in [5.74, 6) is -1.80. The van der Waals surface area contributed by atoms with Crippen molar-refractivity contribution in [2.24, 2.45) is 0 Å². The number of halogens is 2. The number of pyridine rings is 1. The van der Waals surface area contributed by atoms with Gasteiger partial charge in [0.25, 0.3) is 11.8 Å². The zero-order chi connectivity index (χ0) is 28.6. The van der Waals surface area contributed by atoms with Gasteiger partial charge in [-0.1, -0.05) is 12.8 Å². The van der Waals surface area contributed by atoms with E-state index in [1.807, 2.05) is 6.92 Å². The number of carbonyl (C=O) groups excluding carboxylic acids is 3. The number of rotatable bonds is 11. The first-order valence-electron chi connectivity index (χ1n) is 13.1. The molecule has 3 heterocycles. The summed E-state index contributed by atoms with van der Waals surface area (Å²) >= 11 is 0. The first kappa shape index (κ1) is 28.4. The fourth-order valence-electron chi connectivity index (χ4n) is 4.56. The molecule has 0 spiro atoms. The lowest BCUT2D eigenvalue weighted by molar-refractivity contribution is -0.116. The molecule has 8 nitrogen and oxygen atoms in total. The third-order valence-electron chi connectivity index (χ3n) is 6.62. The summed E-state index contributed by atoms with van der Waals surface area (Å²) in [6.07, 6.45) is 9.23. The van der Waals surface area contributed by atoms with Crippen LogP contribution in [0.25, 0.3) is 17.7 Å². The first-order chi connectivity index (χ1) is 19.2. The van der Waals surface area contributed by atoms with E-state index in [0.29, 0.717) is 58.0 Å². The predicted molar refractivity (Wildman–Crippen MR) is 150 cm³/mol. The quantitative estimate of drug-likeness (QED) is 0.155. The second-order valence-corrected chi connectivity index (χ2v) is 9.57. The lowest BCUT2D eigenvalue weighted by atomic mass is 10.0. The van der Waals surface area contributed by atoms with Crippen LogP contribution in [0.2, 0.25) is 0 Å². The molecule has 1 aliphatic rings. The maximum absolute atomic E-state index is 13.8. The molecule has 0 atom stereocenters. The van der Waals surface area contributed by atoms with Crippen molar-refractivity contribution < 1.29 is 23.2 Å². The SMILES string of the molecule is Cc1[nH]c(C=C2C(=O)Nc3ccc(F)cc32)c(C)c1C(=O)NCCCCCCNC(=O)/C=C/c1ccnc(F)c1. The van der Waals surface area contributed by atoms with E-state index in [9.17, 15) is 23.2 Å². The number of nitrogens with zero attached hydrogens (tertiary/aromatic N) is 1. The number of H-pyrrole nitrogens is 1. The number of benzene rings is 1. The number of anilines is 1. The summed E-state index contributed by atoms with van der Waals surface area (Å²) in [4.78, 5) is 43.9. The molecule has 2 aromatic heterocycles. The lowest BCUT2D eigenvalue weighted by Crippen LogP contribution is -2.25. The molecule has 0 unspecified atom stereocenters. The van der Waals surface area contributed by atoms with Gasteiger partial charge >= 0.3 is 0 Å². The van der Waals surface area contributed by atoms with Crippen LogP contribution in [0.15, 0.2) is 42.6 Å². The fourth-order valence-corrected chi connectivity index (χ4v) is 4.56. The van der Waals surface area contributed by atoms with E-state index in [-0.39, 0.29) is 17.7 Å². The largest absolute Gasteiger partial charge is 0.358 e. The number of aromatic amines is 1. The average molecular weight is 548 g/mol. The fraction of sp³-hybridized carbons (Fsp3) is 0.267. The van der Waals surface area contributed by atoms with E-state index in [0.717, 1.165) is 25.7 Å². The minimum Gasteiger partial charge on any atom is -0.358 e. The third-order valence-corrected chi connectivity index (χ3v) is 6.62. The standard InChI is InChI=1S/C30H31F2N5O3/c1-18-25(17-23-22-16-21(31)8-9-24(22)37-29(23)39)36-19(2)28(18)30(40)35-13-6-4-3-5-12-34-27(38)10-7-20-11-14-33-26(32)15-20/h7-11,14-17,36H,3-6,12-13H2,1-2H3,(H,34,38)(H,35,40)(H,37,39)/b10-7+,23-17?. The van der Waals surface area contributed by atoms with Crippen molar-refractivity contribution >= 4 is 41.1 Å². The Labute approximate surface area is 231 Å². The Morgan fingerprint density at radius 3 is 2.50 bits per heavy atom. The third kappa shape index (κ3) is 7.07. The number of hydrogen-bond donors (Lipinski definition) is 4. The van der Waals surface area contributed by atoms with Crippen molar-refractivity contribution in [2.45, 2.75) is 39.5 Å². The Kier molecular flexibility index (Phi) is 9.21. The Morgan fingerprint density at radius 2 is 1.75 bits per heavy atom. The molecule has 1 aromatic carbocycles. The molecule has 0 bridgehead atoms. The van der Waals surface area contributed by atoms with E-state index in [1.165, 1.54) is 42.6 Å². The van der Waals surface area contributed by atoms with Gasteiger partial charge in [-0.25, -0.2) is 9.37 Å². The Hall–Kier alpha value is -4.60. The van der Waals surface area contributed by atoms with Crippen LogP contribution in [-0.2, 0) is 9.59 Å². The van der Waals surface area contributed by atoms with E-state index < -0.39 is 11.8 Å². The average Bonchev–Trinajstić information content (AvgIpc) is 3.38. The van der Waals surface area contributed by atoms with Crippen LogP contribution in [0.1, 0.15) is 64.1 Å². The molecule has 3 amide bonds. The highest BCUT2D eigenvalue weighted by molar-refractivity contribution is 6.34. The number of aryl methyl sites for hydroxylation is 1. The Morgan fingerprint density at radius 1 is 1.00 bits per heavy atom. The molecule has 4 rings (SSSR count). The summed E-state index contributed by atoms with van der Waals surface area (Å²) in [6, 6.07) is 6.99. The predicted octanol–water partition coefficient (Wildman–Crippen LogP) is 4.92. The van der Waals surface area contributed by atoms with Gasteiger partial charge in [-0.2, -0.15) is 4.39 Å². The van der Waals surface area contributed by atoms with Gasteiger partial charge in [0, 0.05) is 54.1 Å².